The van der Waals surface area contributed by atoms with Gasteiger partial charge in [0, 0.05) is 139 Å². The fourth-order valence-electron chi connectivity index (χ4n) is 14.7. The van der Waals surface area contributed by atoms with Gasteiger partial charge in [0.15, 0.2) is 25.5 Å². The molecule has 690 valence electrons. The molecule has 127 heavy (non-hydrogen) atoms. The predicted octanol–water partition coefficient (Wildman–Crippen LogP) is 13.9. The third-order valence-electron chi connectivity index (χ3n) is 20.8. The number of sulfone groups is 2. The normalized spacial score (nSPS) is 15.4. The summed E-state index contributed by atoms with van der Waals surface area (Å²) in [4.78, 5) is 54.3. The van der Waals surface area contributed by atoms with E-state index in [-0.39, 0.29) is 127 Å². The molecule has 36 heteroatoms. The van der Waals surface area contributed by atoms with Gasteiger partial charge in [-0.15, -0.1) is 0 Å². The van der Waals surface area contributed by atoms with E-state index in [1.54, 1.807) is 97.1 Å². The largest absolute Gasteiger partial charge is 0.478 e. The monoisotopic (exact) mass is 1930 g/mol. The number of halogens is 6. The number of ketones is 1. The average molecular weight is 1930 g/mol. The van der Waals surface area contributed by atoms with Crippen LogP contribution in [0.2, 0.25) is 30.1 Å². The molecule has 3 heterocycles. The number of fused-ring (bicyclic) bond motifs is 3. The minimum absolute atomic E-state index is 0.0147. The molecule has 0 radical (unpaired) electrons. The number of ether oxygens (including phenoxy) is 9. The first-order valence-corrected chi connectivity index (χ1v) is 48.6. The number of amides is 1. The van der Waals surface area contributed by atoms with Crippen LogP contribution in [-0.2, 0) is 92.0 Å². The zero-order valence-corrected chi connectivity index (χ0v) is 78.1. The Hall–Kier alpha value is -7.13. The quantitative estimate of drug-likeness (QED) is 0.0175. The SMILES string of the molecule is CN1Cc2c(Cl)cc(Cl)cc2C(c2cccc(S(=O)(=O)CCCOCCOCCOCCCC(=O)c3ccccc3C(=O)NCCOCCOCCOCCNS(=O)(=O)c3cccc(C4CN(C)Cc5c(Cl)cc(Cl)cc54)c3)c2)C1.CN1Cc2c(Cl)cc(Cl)cc2C(c2cccc(S(=O)(=O)CCCOCCOCCOCCN)c2)C1.O=C(O)c1ccccc1C(=O)O. The number of hydrogen-bond donors (Lipinski definition) is 5. The topological polar surface area (TPSA) is 354 Å². The number of benzene rings is 8. The van der Waals surface area contributed by atoms with Crippen LogP contribution in [0.3, 0.4) is 0 Å². The van der Waals surface area contributed by atoms with Crippen LogP contribution in [0.25, 0.3) is 0 Å². The number of likely N-dealkylation sites (N-methyl/N-ethyl adjacent to an activating group) is 3. The number of sulfonamides is 1. The highest BCUT2D eigenvalue weighted by Gasteiger charge is 2.33. The molecule has 0 saturated carbocycles. The lowest BCUT2D eigenvalue weighted by Gasteiger charge is -2.33. The molecule has 0 saturated heterocycles. The van der Waals surface area contributed by atoms with Crippen molar-refractivity contribution in [2.75, 3.05) is 191 Å². The summed E-state index contributed by atoms with van der Waals surface area (Å²) in [5, 5.41) is 23.4. The fraction of sp³-hybridized carbons (Fsp3) is 0.429. The summed E-state index contributed by atoms with van der Waals surface area (Å²) in [5.41, 5.74) is 14.3. The fourth-order valence-corrected chi connectivity index (χ4v) is 20.1. The van der Waals surface area contributed by atoms with Crippen LogP contribution < -0.4 is 15.8 Å². The minimum atomic E-state index is -3.80. The van der Waals surface area contributed by atoms with Gasteiger partial charge >= 0.3 is 11.9 Å². The van der Waals surface area contributed by atoms with Gasteiger partial charge in [0.1, 0.15) is 0 Å². The maximum absolute atomic E-state index is 13.3. The highest BCUT2D eigenvalue weighted by molar-refractivity contribution is 7.91. The molecule has 27 nitrogen and oxygen atoms in total. The second kappa shape index (κ2) is 52.8. The number of rotatable bonds is 49. The van der Waals surface area contributed by atoms with Gasteiger partial charge in [-0.1, -0.05) is 136 Å². The average Bonchev–Trinajstić information content (AvgIpc) is 0.779. The van der Waals surface area contributed by atoms with Crippen molar-refractivity contribution in [2.45, 2.75) is 77.8 Å². The molecule has 1 amide bonds. The summed E-state index contributed by atoms with van der Waals surface area (Å²) in [6.45, 7) is 11.1. The van der Waals surface area contributed by atoms with Gasteiger partial charge in [-0.25, -0.2) is 39.6 Å². The predicted molar refractivity (Wildman–Crippen MR) is 491 cm³/mol. The van der Waals surface area contributed by atoms with Crippen molar-refractivity contribution < 1.29 is 97.3 Å². The molecule has 0 bridgehead atoms. The molecule has 3 aliphatic rings. The van der Waals surface area contributed by atoms with Crippen molar-refractivity contribution >= 4 is 123 Å². The maximum atomic E-state index is 13.3. The van der Waals surface area contributed by atoms with Gasteiger partial charge in [0.05, 0.1) is 142 Å². The summed E-state index contributed by atoms with van der Waals surface area (Å²) < 4.78 is 131. The van der Waals surface area contributed by atoms with Crippen LogP contribution in [0, 0.1) is 0 Å². The van der Waals surface area contributed by atoms with Crippen molar-refractivity contribution in [2.24, 2.45) is 5.73 Å². The summed E-state index contributed by atoms with van der Waals surface area (Å²) in [6.07, 6.45) is 1.40. The standard InChI is InChI=1S/C58H70Cl4N4O12S2.C25H34Cl2N2O5S.C8H6O4/c1-65-37-51(49-33-43(59)35-55(61)53(49)39-65)41-9-5-11-45(31-41)79(69,70)30-8-19-74-23-27-77-26-22-73-18-7-15-57(67)47-13-3-4-14-48(47)58(68)63-16-20-75-24-28-78-29-25-76-21-17-64-80(71,72)46-12-6-10-42(32-46)52-38-66(2)40-54-50(52)34-44(60)36-56(54)62;1-29-17-23(22-15-20(26)16-25(27)24(22)18-29)19-4-2-5-21(14-19)35(30,31)13-3-7-32-9-11-34-12-10-33-8-6-28;9-7(10)5-3-1-2-4-6(5)8(11)12/h3-6,9-14,31-36,51-52,64H,7-8,15-30,37-40H2,1-2H3,(H,63,68);2,4-5,14-16,23H,3,6-13,17-18,28H2,1H3;1-4H,(H,9,10)(H,11,12). The maximum Gasteiger partial charge on any atom is 0.336 e. The van der Waals surface area contributed by atoms with Crippen molar-refractivity contribution in [1.29, 1.82) is 0 Å². The lowest BCUT2D eigenvalue weighted by molar-refractivity contribution is 0.0142. The zero-order chi connectivity index (χ0) is 91.5. The first-order valence-electron chi connectivity index (χ1n) is 41.5. The molecule has 8 aromatic carbocycles. The number of hydrogen-bond acceptors (Lipinski definition) is 23. The van der Waals surface area contributed by atoms with Crippen LogP contribution in [0.15, 0.2) is 172 Å². The Bertz CT molecular complexity index is 5080. The first-order chi connectivity index (χ1) is 60.9. The van der Waals surface area contributed by atoms with Crippen molar-refractivity contribution in [3.05, 3.63) is 260 Å². The number of Topliss-reactive ketones (excluding diaryl/α,β-unsaturated/α-hetero) is 1. The molecule has 3 aliphatic heterocycles. The van der Waals surface area contributed by atoms with E-state index in [9.17, 15) is 44.4 Å². The smallest absolute Gasteiger partial charge is 0.336 e. The number of carbonyl (C=O) groups excluding carboxylic acids is 2. The Morgan fingerprint density at radius 1 is 0.386 bits per heavy atom. The highest BCUT2D eigenvalue weighted by atomic mass is 35.5. The van der Waals surface area contributed by atoms with Gasteiger partial charge in [0.2, 0.25) is 10.0 Å². The summed E-state index contributed by atoms with van der Waals surface area (Å²) in [5.74, 6) is -3.22. The molecule has 0 aromatic heterocycles. The number of carbonyl (C=O) groups is 4. The molecule has 3 atom stereocenters. The molecule has 0 aliphatic carbocycles. The van der Waals surface area contributed by atoms with E-state index < -0.39 is 41.6 Å². The van der Waals surface area contributed by atoms with Crippen molar-refractivity contribution in [3.63, 3.8) is 0 Å². The van der Waals surface area contributed by atoms with Crippen molar-refractivity contribution in [1.82, 2.24) is 24.7 Å². The van der Waals surface area contributed by atoms with E-state index in [0.717, 1.165) is 63.2 Å². The van der Waals surface area contributed by atoms with Crippen LogP contribution >= 0.6 is 69.6 Å². The second-order valence-corrected chi connectivity index (χ2v) is 38.9. The van der Waals surface area contributed by atoms with E-state index in [0.29, 0.717) is 172 Å². The van der Waals surface area contributed by atoms with Gasteiger partial charge in [-0.2, -0.15) is 0 Å². The van der Waals surface area contributed by atoms with Crippen LogP contribution in [-0.4, -0.2) is 265 Å². The summed E-state index contributed by atoms with van der Waals surface area (Å²) in [7, 11) is -4.74. The number of nitrogens with two attached hydrogens (primary N) is 1. The third-order valence-corrected chi connectivity index (χ3v) is 27.5. The van der Waals surface area contributed by atoms with E-state index in [1.165, 1.54) is 24.3 Å². The van der Waals surface area contributed by atoms with E-state index in [1.807, 2.05) is 57.5 Å². The van der Waals surface area contributed by atoms with Gasteiger partial charge in [0.25, 0.3) is 5.91 Å². The van der Waals surface area contributed by atoms with Gasteiger partial charge in [-0.3, -0.25) is 9.59 Å². The molecular weight excluding hydrogens is 1820 g/mol. The van der Waals surface area contributed by atoms with Gasteiger partial charge in [-0.05, 0) is 181 Å². The molecule has 11 rings (SSSR count). The number of aromatic carboxylic acids is 2. The second-order valence-electron chi connectivity index (χ2n) is 30.4. The molecule has 6 N–H and O–H groups in total. The number of nitrogens with one attached hydrogen (secondary N) is 2. The Balaban J connectivity index is 0.000000315. The van der Waals surface area contributed by atoms with Crippen molar-refractivity contribution in [3.8, 4) is 0 Å². The van der Waals surface area contributed by atoms with Crippen LogP contribution in [0.5, 0.6) is 0 Å². The highest BCUT2D eigenvalue weighted by Crippen LogP contribution is 2.43. The molecule has 0 fully saturated rings. The van der Waals surface area contributed by atoms with Gasteiger partial charge < -0.3 is 78.6 Å². The molecule has 3 unspecified atom stereocenters. The lowest BCUT2D eigenvalue weighted by Crippen LogP contribution is -2.31. The number of nitrogens with zero attached hydrogens (tertiary/aromatic N) is 3. The Labute approximate surface area is 773 Å². The zero-order valence-electron chi connectivity index (χ0n) is 71.1. The first kappa shape index (κ1) is 104. The molecular formula is C91H110Cl6N6O21S3. The summed E-state index contributed by atoms with van der Waals surface area (Å²) >= 11 is 38.5. The molecule has 0 spiro atoms. The Morgan fingerprint density at radius 2 is 0.709 bits per heavy atom. The van der Waals surface area contributed by atoms with E-state index in [4.69, 9.17) is 128 Å². The molecule has 8 aromatic rings. The number of carboxylic acid groups (broad SMARTS) is 2. The van der Waals surface area contributed by atoms with E-state index >= 15 is 0 Å². The third kappa shape index (κ3) is 32.7. The lowest BCUT2D eigenvalue weighted by atomic mass is 9.85. The Morgan fingerprint density at radius 3 is 1.09 bits per heavy atom. The van der Waals surface area contributed by atoms with Crippen LogP contribution in [0.4, 0.5) is 0 Å². The Kier molecular flexibility index (Phi) is 43.1. The number of carboxylic acids is 2. The minimum Gasteiger partial charge on any atom is -0.478 e. The summed E-state index contributed by atoms with van der Waals surface area (Å²) in [6, 6.07) is 44.4. The van der Waals surface area contributed by atoms with Crippen LogP contribution in [0.1, 0.15) is 135 Å². The van der Waals surface area contributed by atoms with E-state index in [2.05, 4.69) is 24.7 Å².